The summed E-state index contributed by atoms with van der Waals surface area (Å²) in [6.07, 6.45) is 3.92. The summed E-state index contributed by atoms with van der Waals surface area (Å²) in [5.41, 5.74) is 5.20. The van der Waals surface area contributed by atoms with Gasteiger partial charge in [-0.15, -0.1) is 0 Å². The van der Waals surface area contributed by atoms with Crippen LogP contribution in [0.3, 0.4) is 0 Å². The van der Waals surface area contributed by atoms with Gasteiger partial charge >= 0.3 is 7.60 Å². The minimum Gasteiger partial charge on any atom is -0.369 e. The van der Waals surface area contributed by atoms with Gasteiger partial charge in [-0.05, 0) is 12.8 Å². The van der Waals surface area contributed by atoms with Crippen LogP contribution in [-0.2, 0) is 15.6 Å². The molecule has 0 bridgehead atoms. The lowest BCUT2D eigenvalue weighted by molar-refractivity contribution is 0.255. The Morgan fingerprint density at radius 3 is 3.08 bits per heavy atom. The van der Waals surface area contributed by atoms with Crippen LogP contribution < -0.4 is 11.3 Å². The molecule has 2 rings (SSSR count). The van der Waals surface area contributed by atoms with Crippen molar-refractivity contribution in [1.29, 1.82) is 0 Å². The summed E-state index contributed by atoms with van der Waals surface area (Å²) >= 11 is 0. The van der Waals surface area contributed by atoms with Crippen LogP contribution in [-0.4, -0.2) is 37.2 Å². The number of aromatic amines is 1. The fourth-order valence-electron chi connectivity index (χ4n) is 2.11. The van der Waals surface area contributed by atoms with Gasteiger partial charge in [0, 0.05) is 0 Å². The maximum Gasteiger partial charge on any atom is 0.328 e. The fourth-order valence-corrected chi connectivity index (χ4v) is 3.11. The summed E-state index contributed by atoms with van der Waals surface area (Å²) in [5.74, 6) is -0.636. The van der Waals surface area contributed by atoms with Crippen molar-refractivity contribution in [3.63, 3.8) is 0 Å². The van der Waals surface area contributed by atoms with Gasteiger partial charge in [-0.1, -0.05) is 19.4 Å². The van der Waals surface area contributed by atoms with Gasteiger partial charge in [0.2, 0.25) is 5.95 Å². The largest absolute Gasteiger partial charge is 0.369 e. The standard InChI is InChI=1S/C14H21FN5O4P/c1-2-3-6-24-25(22,23)7-4-5-10(15)8-20-9-17-11-12(20)18-14(16)19-13(11)21/h5,9H,2-4,6-8H2,1H3,(H,22,23)(H3,16,18,19,21)/b10-5+. The maximum absolute atomic E-state index is 14.0. The van der Waals surface area contributed by atoms with Crippen LogP contribution in [0, 0.1) is 0 Å². The summed E-state index contributed by atoms with van der Waals surface area (Å²) in [5, 5.41) is 0. The molecule has 2 aromatic rings. The summed E-state index contributed by atoms with van der Waals surface area (Å²) in [6, 6.07) is 0. The zero-order valence-corrected chi connectivity index (χ0v) is 14.7. The Labute approximate surface area is 143 Å². The van der Waals surface area contributed by atoms with E-state index < -0.39 is 19.0 Å². The third-order valence-electron chi connectivity index (χ3n) is 3.38. The van der Waals surface area contributed by atoms with Gasteiger partial charge in [0.25, 0.3) is 5.56 Å². The molecular weight excluding hydrogens is 352 g/mol. The molecule has 25 heavy (non-hydrogen) atoms. The molecule has 0 aliphatic carbocycles. The van der Waals surface area contributed by atoms with E-state index in [4.69, 9.17) is 10.3 Å². The highest BCUT2D eigenvalue weighted by atomic mass is 31.2. The fraction of sp³-hybridized carbons (Fsp3) is 0.500. The summed E-state index contributed by atoms with van der Waals surface area (Å²) in [7, 11) is -3.71. The highest BCUT2D eigenvalue weighted by molar-refractivity contribution is 7.52. The second kappa shape index (κ2) is 8.37. The Kier molecular flexibility index (Phi) is 6.46. The number of anilines is 1. The van der Waals surface area contributed by atoms with E-state index in [2.05, 4.69) is 15.0 Å². The van der Waals surface area contributed by atoms with E-state index in [9.17, 15) is 18.6 Å². The van der Waals surface area contributed by atoms with Crippen molar-refractivity contribution in [2.75, 3.05) is 18.5 Å². The molecule has 2 aromatic heterocycles. The molecular formula is C14H21FN5O4P. The Hall–Kier alpha value is -2.03. The number of unbranched alkanes of at least 4 members (excludes halogenated alkanes) is 1. The first kappa shape index (κ1) is 19.3. The first-order chi connectivity index (χ1) is 11.8. The number of rotatable bonds is 9. The quantitative estimate of drug-likeness (QED) is 0.451. The molecule has 0 aliphatic heterocycles. The molecule has 0 aromatic carbocycles. The first-order valence-corrected chi connectivity index (χ1v) is 9.60. The number of nitrogens with one attached hydrogen (secondary N) is 1. The van der Waals surface area contributed by atoms with E-state index in [1.165, 1.54) is 17.0 Å². The molecule has 0 radical (unpaired) electrons. The highest BCUT2D eigenvalue weighted by Gasteiger charge is 2.18. The lowest BCUT2D eigenvalue weighted by atomic mass is 10.4. The van der Waals surface area contributed by atoms with Crippen molar-refractivity contribution in [3.8, 4) is 0 Å². The van der Waals surface area contributed by atoms with E-state index in [1.54, 1.807) is 0 Å². The van der Waals surface area contributed by atoms with Crippen LogP contribution in [0.1, 0.15) is 26.2 Å². The minimum absolute atomic E-state index is 0.0501. The van der Waals surface area contributed by atoms with Gasteiger partial charge in [-0.3, -0.25) is 14.3 Å². The van der Waals surface area contributed by atoms with Crippen molar-refractivity contribution >= 4 is 24.7 Å². The van der Waals surface area contributed by atoms with Crippen LogP contribution in [0.4, 0.5) is 10.3 Å². The van der Waals surface area contributed by atoms with E-state index in [1.807, 2.05) is 6.92 Å². The van der Waals surface area contributed by atoms with Crippen LogP contribution in [0.5, 0.6) is 0 Å². The number of allylic oxidation sites excluding steroid dienone is 2. The number of nitrogen functional groups attached to an aromatic ring is 1. The Morgan fingerprint density at radius 2 is 2.36 bits per heavy atom. The maximum atomic E-state index is 14.0. The van der Waals surface area contributed by atoms with Gasteiger partial charge in [-0.25, -0.2) is 9.37 Å². The van der Waals surface area contributed by atoms with Crippen LogP contribution in [0.15, 0.2) is 23.0 Å². The second-order valence-electron chi connectivity index (χ2n) is 5.48. The van der Waals surface area contributed by atoms with Crippen molar-refractivity contribution in [3.05, 3.63) is 28.6 Å². The summed E-state index contributed by atoms with van der Waals surface area (Å²) in [4.78, 5) is 31.4. The Bertz CT molecular complexity index is 863. The Balaban J connectivity index is 1.98. The van der Waals surface area contributed by atoms with Gasteiger partial charge < -0.3 is 19.7 Å². The van der Waals surface area contributed by atoms with E-state index >= 15 is 0 Å². The highest BCUT2D eigenvalue weighted by Crippen LogP contribution is 2.42. The normalized spacial score (nSPS) is 14.8. The topological polar surface area (TPSA) is 136 Å². The average molecular weight is 373 g/mol. The smallest absolute Gasteiger partial charge is 0.328 e. The molecule has 0 aliphatic rings. The van der Waals surface area contributed by atoms with E-state index in [0.717, 1.165) is 6.42 Å². The third kappa shape index (κ3) is 5.48. The summed E-state index contributed by atoms with van der Waals surface area (Å²) in [6.45, 7) is 1.94. The molecule has 0 saturated heterocycles. The zero-order valence-electron chi connectivity index (χ0n) is 13.8. The van der Waals surface area contributed by atoms with Crippen molar-refractivity contribution in [1.82, 2.24) is 19.5 Å². The molecule has 0 saturated carbocycles. The number of halogens is 1. The van der Waals surface area contributed by atoms with Gasteiger partial charge in [-0.2, -0.15) is 4.98 Å². The number of fused-ring (bicyclic) bond motifs is 1. The molecule has 0 spiro atoms. The number of aromatic nitrogens is 4. The lowest BCUT2D eigenvalue weighted by Crippen LogP contribution is -2.12. The lowest BCUT2D eigenvalue weighted by Gasteiger charge is -2.10. The monoisotopic (exact) mass is 373 g/mol. The second-order valence-corrected chi connectivity index (χ2v) is 7.46. The first-order valence-electron chi connectivity index (χ1n) is 7.84. The molecule has 0 amide bonds. The van der Waals surface area contributed by atoms with E-state index in [0.29, 0.717) is 6.42 Å². The third-order valence-corrected chi connectivity index (χ3v) is 4.79. The Morgan fingerprint density at radius 1 is 1.60 bits per heavy atom. The SMILES string of the molecule is CCCCOP(=O)(O)CC/C=C(/F)Cn1cnc2c(=O)[nH]c(N)nc21. The predicted molar refractivity (Wildman–Crippen MR) is 91.9 cm³/mol. The molecule has 2 heterocycles. The average Bonchev–Trinajstić information content (AvgIpc) is 2.90. The number of H-pyrrole nitrogens is 1. The van der Waals surface area contributed by atoms with Crippen LogP contribution in [0.2, 0.25) is 0 Å². The zero-order chi connectivity index (χ0) is 18.4. The number of nitrogens with zero attached hydrogens (tertiary/aromatic N) is 3. The molecule has 1 atom stereocenters. The van der Waals surface area contributed by atoms with Gasteiger partial charge in [0.1, 0.15) is 5.83 Å². The van der Waals surface area contributed by atoms with Crippen molar-refractivity contribution < 1.29 is 18.4 Å². The van der Waals surface area contributed by atoms with Gasteiger partial charge in [0.05, 0.1) is 25.6 Å². The molecule has 9 nitrogen and oxygen atoms in total. The number of imidazole rings is 1. The van der Waals surface area contributed by atoms with Crippen LogP contribution >= 0.6 is 7.60 Å². The van der Waals surface area contributed by atoms with Crippen LogP contribution in [0.25, 0.3) is 11.2 Å². The van der Waals surface area contributed by atoms with Gasteiger partial charge in [0.15, 0.2) is 11.2 Å². The molecule has 1 unspecified atom stereocenters. The number of hydrogen-bond donors (Lipinski definition) is 3. The number of hydrogen-bond acceptors (Lipinski definition) is 6. The van der Waals surface area contributed by atoms with E-state index in [-0.39, 0.29) is 42.8 Å². The molecule has 4 N–H and O–H groups in total. The molecule has 138 valence electrons. The minimum atomic E-state index is -3.71. The molecule has 0 fully saturated rings. The predicted octanol–water partition coefficient (Wildman–Crippen LogP) is 1.95. The summed E-state index contributed by atoms with van der Waals surface area (Å²) < 4.78 is 32.0. The number of nitrogens with two attached hydrogens (primary N) is 1. The van der Waals surface area contributed by atoms with Crippen molar-refractivity contribution in [2.45, 2.75) is 32.7 Å². The molecule has 11 heteroatoms. The van der Waals surface area contributed by atoms with Crippen molar-refractivity contribution in [2.24, 2.45) is 0 Å².